The van der Waals surface area contributed by atoms with Crippen molar-refractivity contribution in [3.63, 3.8) is 0 Å². The predicted octanol–water partition coefficient (Wildman–Crippen LogP) is 4.78. The van der Waals surface area contributed by atoms with Crippen molar-refractivity contribution >= 4 is 15.9 Å². The fraction of sp³-hybridized carbons (Fsp3) is 0.200. The highest BCUT2D eigenvalue weighted by atomic mass is 79.9. The first kappa shape index (κ1) is 13.1. The molecule has 0 fully saturated rings. The maximum atomic E-state index is 13.5. The normalized spacial score (nSPS) is 10.4. The molecule has 0 atom stereocenters. The van der Waals surface area contributed by atoms with E-state index in [4.69, 9.17) is 4.74 Å². The van der Waals surface area contributed by atoms with Gasteiger partial charge in [-0.25, -0.2) is 4.39 Å². The second kappa shape index (κ2) is 5.53. The number of hydrogen-bond acceptors (Lipinski definition) is 1. The molecule has 0 aromatic heterocycles. The molecule has 94 valence electrons. The summed E-state index contributed by atoms with van der Waals surface area (Å²) >= 11 is 3.30. The number of aryl methyl sites for hydroxylation is 2. The number of ether oxygens (including phenoxy) is 1. The number of benzene rings is 2. The largest absolute Gasteiger partial charge is 0.486 e. The lowest BCUT2D eigenvalue weighted by molar-refractivity contribution is 0.289. The monoisotopic (exact) mass is 308 g/mol. The predicted molar refractivity (Wildman–Crippen MR) is 74.3 cm³/mol. The fourth-order valence-electron chi connectivity index (χ4n) is 1.70. The molecule has 0 aliphatic heterocycles. The van der Waals surface area contributed by atoms with Gasteiger partial charge in [0.25, 0.3) is 0 Å². The van der Waals surface area contributed by atoms with Crippen LogP contribution in [-0.2, 0) is 6.61 Å². The van der Waals surface area contributed by atoms with Crippen LogP contribution >= 0.6 is 15.9 Å². The van der Waals surface area contributed by atoms with Gasteiger partial charge >= 0.3 is 0 Å². The summed E-state index contributed by atoms with van der Waals surface area (Å²) in [6, 6.07) is 10.8. The maximum absolute atomic E-state index is 13.5. The molecule has 0 aliphatic rings. The van der Waals surface area contributed by atoms with E-state index in [1.165, 1.54) is 11.6 Å². The van der Waals surface area contributed by atoms with Crippen LogP contribution in [0.15, 0.2) is 40.9 Å². The zero-order valence-corrected chi connectivity index (χ0v) is 11.9. The Labute approximate surface area is 115 Å². The topological polar surface area (TPSA) is 9.23 Å². The Balaban J connectivity index is 2.16. The minimum atomic E-state index is -0.344. The average Bonchev–Trinajstić information content (AvgIpc) is 2.34. The number of hydrogen-bond donors (Lipinski definition) is 0. The summed E-state index contributed by atoms with van der Waals surface area (Å²) in [7, 11) is 0. The van der Waals surface area contributed by atoms with Gasteiger partial charge in [0.2, 0.25) is 0 Å². The molecule has 0 amide bonds. The van der Waals surface area contributed by atoms with Gasteiger partial charge in [0.1, 0.15) is 6.61 Å². The smallest absolute Gasteiger partial charge is 0.165 e. The van der Waals surface area contributed by atoms with Gasteiger partial charge in [0.15, 0.2) is 11.6 Å². The maximum Gasteiger partial charge on any atom is 0.165 e. The second-order valence-corrected chi connectivity index (χ2v) is 5.21. The number of rotatable bonds is 3. The van der Waals surface area contributed by atoms with E-state index in [2.05, 4.69) is 28.1 Å². The van der Waals surface area contributed by atoms with Crippen LogP contribution < -0.4 is 4.74 Å². The summed E-state index contributed by atoms with van der Waals surface area (Å²) in [5, 5.41) is 0. The van der Waals surface area contributed by atoms with Gasteiger partial charge in [-0.05, 0) is 43.2 Å². The molecule has 0 bridgehead atoms. The third-order valence-corrected chi connectivity index (χ3v) is 3.27. The van der Waals surface area contributed by atoms with E-state index in [1.54, 1.807) is 12.1 Å². The van der Waals surface area contributed by atoms with E-state index in [-0.39, 0.29) is 11.6 Å². The van der Waals surface area contributed by atoms with Crippen LogP contribution in [0.3, 0.4) is 0 Å². The van der Waals surface area contributed by atoms with E-state index in [0.29, 0.717) is 6.61 Å². The van der Waals surface area contributed by atoms with Gasteiger partial charge in [0, 0.05) is 4.47 Å². The Morgan fingerprint density at radius 3 is 2.67 bits per heavy atom. The molecule has 3 heteroatoms. The van der Waals surface area contributed by atoms with Crippen LogP contribution in [0.5, 0.6) is 5.75 Å². The van der Waals surface area contributed by atoms with Crippen molar-refractivity contribution in [2.75, 3.05) is 0 Å². The van der Waals surface area contributed by atoms with Gasteiger partial charge in [-0.2, -0.15) is 0 Å². The summed E-state index contributed by atoms with van der Waals surface area (Å²) in [5.41, 5.74) is 3.40. The van der Waals surface area contributed by atoms with E-state index < -0.39 is 0 Å². The van der Waals surface area contributed by atoms with Crippen molar-refractivity contribution in [3.05, 3.63) is 63.4 Å². The first-order chi connectivity index (χ1) is 8.56. The van der Waals surface area contributed by atoms with Gasteiger partial charge in [-0.3, -0.25) is 0 Å². The summed E-state index contributed by atoms with van der Waals surface area (Å²) in [6.07, 6.45) is 0. The molecule has 2 aromatic rings. The van der Waals surface area contributed by atoms with Crippen LogP contribution in [0.4, 0.5) is 4.39 Å². The lowest BCUT2D eigenvalue weighted by Gasteiger charge is -2.10. The molecule has 18 heavy (non-hydrogen) atoms. The van der Waals surface area contributed by atoms with Gasteiger partial charge in [0.05, 0.1) is 0 Å². The first-order valence-corrected chi connectivity index (χ1v) is 6.49. The average molecular weight is 309 g/mol. The minimum absolute atomic E-state index is 0.269. The highest BCUT2D eigenvalue weighted by Crippen LogP contribution is 2.23. The standard InChI is InChI=1S/C15H14BrFO/c1-10-3-4-11(2)12(7-10)9-18-15-8-13(16)5-6-14(15)17/h3-8H,9H2,1-2H3. The molecule has 0 saturated carbocycles. The molecular weight excluding hydrogens is 295 g/mol. The summed E-state index contributed by atoms with van der Waals surface area (Å²) in [4.78, 5) is 0. The molecular formula is C15H14BrFO. The van der Waals surface area contributed by atoms with Gasteiger partial charge < -0.3 is 4.74 Å². The van der Waals surface area contributed by atoms with E-state index in [9.17, 15) is 4.39 Å². The molecule has 2 rings (SSSR count). The highest BCUT2D eigenvalue weighted by Gasteiger charge is 2.05. The quantitative estimate of drug-likeness (QED) is 0.792. The van der Waals surface area contributed by atoms with Crippen molar-refractivity contribution in [2.24, 2.45) is 0 Å². The lowest BCUT2D eigenvalue weighted by Crippen LogP contribution is -2.00. The summed E-state index contributed by atoms with van der Waals surface area (Å²) in [6.45, 7) is 4.43. The molecule has 0 N–H and O–H groups in total. The second-order valence-electron chi connectivity index (χ2n) is 4.29. The molecule has 0 radical (unpaired) electrons. The fourth-order valence-corrected chi connectivity index (χ4v) is 2.04. The molecule has 0 spiro atoms. The van der Waals surface area contributed by atoms with Crippen LogP contribution in [0, 0.1) is 19.7 Å². The van der Waals surface area contributed by atoms with E-state index >= 15 is 0 Å². The van der Waals surface area contributed by atoms with E-state index in [1.807, 2.05) is 19.9 Å². The van der Waals surface area contributed by atoms with Crippen molar-refractivity contribution in [1.82, 2.24) is 0 Å². The van der Waals surface area contributed by atoms with Crippen LogP contribution in [-0.4, -0.2) is 0 Å². The SMILES string of the molecule is Cc1ccc(C)c(COc2cc(Br)ccc2F)c1. The zero-order chi connectivity index (χ0) is 13.1. The lowest BCUT2D eigenvalue weighted by atomic mass is 10.1. The minimum Gasteiger partial charge on any atom is -0.486 e. The van der Waals surface area contributed by atoms with Crippen molar-refractivity contribution in [3.8, 4) is 5.75 Å². The van der Waals surface area contributed by atoms with Crippen LogP contribution in [0.2, 0.25) is 0 Å². The van der Waals surface area contributed by atoms with Crippen LogP contribution in [0.25, 0.3) is 0 Å². The van der Waals surface area contributed by atoms with Gasteiger partial charge in [-0.1, -0.05) is 39.7 Å². The molecule has 2 aromatic carbocycles. The molecule has 0 saturated heterocycles. The Hall–Kier alpha value is -1.35. The van der Waals surface area contributed by atoms with Crippen molar-refractivity contribution < 1.29 is 9.13 Å². The Morgan fingerprint density at radius 1 is 1.11 bits per heavy atom. The third kappa shape index (κ3) is 3.10. The van der Waals surface area contributed by atoms with E-state index in [0.717, 1.165) is 15.6 Å². The Kier molecular flexibility index (Phi) is 4.02. The molecule has 0 heterocycles. The first-order valence-electron chi connectivity index (χ1n) is 5.70. The molecule has 0 unspecified atom stereocenters. The van der Waals surface area contributed by atoms with Crippen molar-refractivity contribution in [2.45, 2.75) is 20.5 Å². The van der Waals surface area contributed by atoms with Crippen molar-refractivity contribution in [1.29, 1.82) is 0 Å². The van der Waals surface area contributed by atoms with Crippen LogP contribution in [0.1, 0.15) is 16.7 Å². The van der Waals surface area contributed by atoms with Gasteiger partial charge in [-0.15, -0.1) is 0 Å². The summed E-state index contributed by atoms with van der Waals surface area (Å²) in [5.74, 6) is -0.0752. The zero-order valence-electron chi connectivity index (χ0n) is 10.3. The summed E-state index contributed by atoms with van der Waals surface area (Å²) < 4.78 is 19.8. The molecule has 1 nitrogen and oxygen atoms in total. The Bertz CT molecular complexity index is 515. The number of halogens is 2. The molecule has 0 aliphatic carbocycles. The third-order valence-electron chi connectivity index (χ3n) is 2.78. The highest BCUT2D eigenvalue weighted by molar-refractivity contribution is 9.10. The Morgan fingerprint density at radius 2 is 1.89 bits per heavy atom.